The summed E-state index contributed by atoms with van der Waals surface area (Å²) in [7, 11) is 0. The molecular formula is C23H30N4O4. The monoisotopic (exact) mass is 426 g/mol. The number of piperazine rings is 1. The number of carbonyl (C=O) groups excluding carboxylic acids is 2. The Labute approximate surface area is 182 Å². The van der Waals surface area contributed by atoms with Gasteiger partial charge in [-0.25, -0.2) is 4.79 Å². The van der Waals surface area contributed by atoms with Crippen LogP contribution >= 0.6 is 0 Å². The van der Waals surface area contributed by atoms with E-state index in [9.17, 15) is 14.4 Å². The van der Waals surface area contributed by atoms with E-state index < -0.39 is 17.1 Å². The normalized spacial score (nSPS) is 14.9. The van der Waals surface area contributed by atoms with E-state index in [1.165, 1.54) is 0 Å². The van der Waals surface area contributed by atoms with Gasteiger partial charge in [0.25, 0.3) is 11.5 Å². The van der Waals surface area contributed by atoms with Crippen LogP contribution < -0.4 is 10.9 Å². The van der Waals surface area contributed by atoms with E-state index >= 15 is 0 Å². The summed E-state index contributed by atoms with van der Waals surface area (Å²) in [5.74, 6) is -0.395. The van der Waals surface area contributed by atoms with E-state index in [0.717, 1.165) is 5.56 Å². The van der Waals surface area contributed by atoms with Crippen molar-refractivity contribution in [2.45, 2.75) is 26.4 Å². The Morgan fingerprint density at radius 1 is 1.03 bits per heavy atom. The molecule has 2 N–H and O–H groups in total. The van der Waals surface area contributed by atoms with Crippen molar-refractivity contribution in [3.05, 3.63) is 58.4 Å². The van der Waals surface area contributed by atoms with Gasteiger partial charge in [-0.3, -0.25) is 14.5 Å². The Balaban J connectivity index is 1.45. The molecular weight excluding hydrogens is 396 g/mol. The third kappa shape index (κ3) is 6.42. The van der Waals surface area contributed by atoms with Gasteiger partial charge >= 0.3 is 6.09 Å². The minimum absolute atomic E-state index is 0.0921. The van der Waals surface area contributed by atoms with Crippen molar-refractivity contribution in [1.29, 1.82) is 0 Å². The number of hydrogen-bond acceptors (Lipinski definition) is 5. The summed E-state index contributed by atoms with van der Waals surface area (Å²) < 4.78 is 5.40. The van der Waals surface area contributed by atoms with Gasteiger partial charge in [0.2, 0.25) is 0 Å². The van der Waals surface area contributed by atoms with Crippen molar-refractivity contribution in [3.8, 4) is 11.3 Å². The van der Waals surface area contributed by atoms with Crippen LogP contribution in [0.1, 0.15) is 31.1 Å². The van der Waals surface area contributed by atoms with Crippen LogP contribution in [0.2, 0.25) is 0 Å². The van der Waals surface area contributed by atoms with Crippen LogP contribution in [0.5, 0.6) is 0 Å². The maximum Gasteiger partial charge on any atom is 0.410 e. The third-order valence-electron chi connectivity index (χ3n) is 4.98. The van der Waals surface area contributed by atoms with E-state index in [2.05, 4.69) is 15.2 Å². The third-order valence-corrected chi connectivity index (χ3v) is 4.98. The summed E-state index contributed by atoms with van der Waals surface area (Å²) in [6.45, 7) is 9.22. The number of carbonyl (C=O) groups is 2. The van der Waals surface area contributed by atoms with Gasteiger partial charge in [-0.15, -0.1) is 0 Å². The molecule has 1 aromatic carbocycles. The number of hydrogen-bond donors (Lipinski definition) is 2. The first-order chi connectivity index (χ1) is 14.7. The highest BCUT2D eigenvalue weighted by Crippen LogP contribution is 2.15. The Bertz CT molecular complexity index is 958. The molecule has 0 bridgehead atoms. The lowest BCUT2D eigenvalue weighted by atomic mass is 10.1. The standard InChI is InChI=1S/C23H30N4O4/c1-23(2,3)31-22(30)27-15-13-26(14-16-27)12-11-24-20(28)18-9-10-19(25-21(18)29)17-7-5-4-6-8-17/h4-10H,11-16H2,1-3H3,(H,24,28)(H,25,29). The second-order valence-corrected chi connectivity index (χ2v) is 8.55. The van der Waals surface area contributed by atoms with E-state index in [0.29, 0.717) is 45.0 Å². The molecule has 2 heterocycles. The lowest BCUT2D eigenvalue weighted by molar-refractivity contribution is 0.0147. The van der Waals surface area contributed by atoms with Gasteiger partial charge in [-0.05, 0) is 38.5 Å². The largest absolute Gasteiger partial charge is 0.444 e. The van der Waals surface area contributed by atoms with Gasteiger partial charge < -0.3 is 19.9 Å². The molecule has 8 nitrogen and oxygen atoms in total. The predicted molar refractivity (Wildman–Crippen MR) is 119 cm³/mol. The fourth-order valence-corrected chi connectivity index (χ4v) is 3.34. The summed E-state index contributed by atoms with van der Waals surface area (Å²) >= 11 is 0. The van der Waals surface area contributed by atoms with E-state index in [4.69, 9.17) is 4.74 Å². The lowest BCUT2D eigenvalue weighted by Crippen LogP contribution is -2.51. The second kappa shape index (κ2) is 9.78. The number of rotatable bonds is 5. The Morgan fingerprint density at radius 2 is 1.71 bits per heavy atom. The maximum atomic E-state index is 12.4. The first-order valence-corrected chi connectivity index (χ1v) is 10.5. The molecule has 0 unspecified atom stereocenters. The SMILES string of the molecule is CC(C)(C)OC(=O)N1CCN(CCNC(=O)c2ccc(-c3ccccc3)[nH]c2=O)CC1. The average molecular weight is 427 g/mol. The van der Waals surface area contributed by atoms with Gasteiger partial charge in [-0.1, -0.05) is 30.3 Å². The number of ether oxygens (including phenoxy) is 1. The van der Waals surface area contributed by atoms with Crippen LogP contribution in [0, 0.1) is 0 Å². The highest BCUT2D eigenvalue weighted by Gasteiger charge is 2.25. The van der Waals surface area contributed by atoms with Gasteiger partial charge in [-0.2, -0.15) is 0 Å². The van der Waals surface area contributed by atoms with Gasteiger partial charge in [0.1, 0.15) is 11.2 Å². The van der Waals surface area contributed by atoms with Crippen molar-refractivity contribution in [3.63, 3.8) is 0 Å². The topological polar surface area (TPSA) is 94.7 Å². The van der Waals surface area contributed by atoms with Crippen LogP contribution in [-0.4, -0.2) is 71.7 Å². The number of H-pyrrole nitrogens is 1. The number of nitrogens with one attached hydrogen (secondary N) is 2. The number of aromatic nitrogens is 1. The molecule has 1 aliphatic heterocycles. The minimum atomic E-state index is -0.504. The highest BCUT2D eigenvalue weighted by molar-refractivity contribution is 5.94. The van der Waals surface area contributed by atoms with E-state index in [1.54, 1.807) is 17.0 Å². The smallest absolute Gasteiger partial charge is 0.410 e. The van der Waals surface area contributed by atoms with Crippen molar-refractivity contribution in [1.82, 2.24) is 20.1 Å². The summed E-state index contributed by atoms with van der Waals surface area (Å²) in [6.07, 6.45) is -0.293. The zero-order valence-electron chi connectivity index (χ0n) is 18.3. The van der Waals surface area contributed by atoms with Gasteiger partial charge in [0.05, 0.1) is 0 Å². The van der Waals surface area contributed by atoms with Gasteiger partial charge in [0, 0.05) is 45.0 Å². The molecule has 2 amide bonds. The summed E-state index contributed by atoms with van der Waals surface area (Å²) in [5.41, 5.74) is 0.733. The fourth-order valence-electron chi connectivity index (χ4n) is 3.34. The summed E-state index contributed by atoms with van der Waals surface area (Å²) in [4.78, 5) is 43.5. The van der Waals surface area contributed by atoms with Gasteiger partial charge in [0.15, 0.2) is 0 Å². The molecule has 0 atom stereocenters. The lowest BCUT2D eigenvalue weighted by Gasteiger charge is -2.35. The molecule has 2 aromatic rings. The Morgan fingerprint density at radius 3 is 2.32 bits per heavy atom. The Kier molecular flexibility index (Phi) is 7.12. The molecule has 1 aliphatic rings. The quantitative estimate of drug-likeness (QED) is 0.765. The van der Waals surface area contributed by atoms with Crippen LogP contribution in [-0.2, 0) is 4.74 Å². The highest BCUT2D eigenvalue weighted by atomic mass is 16.6. The van der Waals surface area contributed by atoms with E-state index in [-0.39, 0.29) is 11.7 Å². The molecule has 1 fully saturated rings. The van der Waals surface area contributed by atoms with Crippen LogP contribution in [0.3, 0.4) is 0 Å². The number of aromatic amines is 1. The molecule has 0 radical (unpaired) electrons. The summed E-state index contributed by atoms with van der Waals surface area (Å²) in [5, 5.41) is 2.81. The molecule has 0 spiro atoms. The zero-order chi connectivity index (χ0) is 22.4. The first kappa shape index (κ1) is 22.6. The average Bonchev–Trinajstić information content (AvgIpc) is 2.73. The fraction of sp³-hybridized carbons (Fsp3) is 0.435. The molecule has 0 aliphatic carbocycles. The zero-order valence-corrected chi connectivity index (χ0v) is 18.3. The molecule has 1 aromatic heterocycles. The molecule has 166 valence electrons. The number of nitrogens with zero attached hydrogens (tertiary/aromatic N) is 2. The number of benzene rings is 1. The summed E-state index contributed by atoms with van der Waals surface area (Å²) in [6, 6.07) is 12.8. The van der Waals surface area contributed by atoms with Crippen LogP contribution in [0.15, 0.2) is 47.3 Å². The minimum Gasteiger partial charge on any atom is -0.444 e. The number of pyridine rings is 1. The van der Waals surface area contributed by atoms with Crippen molar-refractivity contribution in [2.75, 3.05) is 39.3 Å². The number of amides is 2. The molecule has 3 rings (SSSR count). The molecule has 8 heteroatoms. The van der Waals surface area contributed by atoms with Crippen LogP contribution in [0.25, 0.3) is 11.3 Å². The van der Waals surface area contributed by atoms with Crippen molar-refractivity contribution >= 4 is 12.0 Å². The van der Waals surface area contributed by atoms with Crippen LogP contribution in [0.4, 0.5) is 4.79 Å². The maximum absolute atomic E-state index is 12.4. The van der Waals surface area contributed by atoms with E-state index in [1.807, 2.05) is 51.1 Å². The first-order valence-electron chi connectivity index (χ1n) is 10.5. The predicted octanol–water partition coefficient (Wildman–Crippen LogP) is 2.32. The molecule has 0 saturated carbocycles. The second-order valence-electron chi connectivity index (χ2n) is 8.55. The van der Waals surface area contributed by atoms with Crippen molar-refractivity contribution in [2.24, 2.45) is 0 Å². The molecule has 31 heavy (non-hydrogen) atoms. The molecule has 1 saturated heterocycles. The Hall–Kier alpha value is -3.13. The van der Waals surface area contributed by atoms with Crippen molar-refractivity contribution < 1.29 is 14.3 Å².